The molecule has 0 unspecified atom stereocenters. The van der Waals surface area contributed by atoms with Gasteiger partial charge in [0.25, 0.3) is 5.91 Å². The molecule has 1 saturated heterocycles. The summed E-state index contributed by atoms with van der Waals surface area (Å²) < 4.78 is 5.77. The summed E-state index contributed by atoms with van der Waals surface area (Å²) in [7, 11) is 0. The van der Waals surface area contributed by atoms with Gasteiger partial charge in [-0.2, -0.15) is 0 Å². The van der Waals surface area contributed by atoms with E-state index in [4.69, 9.17) is 4.74 Å². The van der Waals surface area contributed by atoms with Crippen molar-refractivity contribution >= 4 is 53.3 Å². The van der Waals surface area contributed by atoms with Gasteiger partial charge in [-0.1, -0.05) is 50.3 Å². The number of aromatic hydroxyl groups is 2. The number of aryl methyl sites for hydroxylation is 1. The van der Waals surface area contributed by atoms with E-state index in [-0.39, 0.29) is 36.5 Å². The molecule has 20 nitrogen and oxygen atoms in total. The van der Waals surface area contributed by atoms with Crippen LogP contribution in [0.5, 0.6) is 11.5 Å². The Morgan fingerprint density at radius 1 is 0.769 bits per heavy atom. The zero-order valence-electron chi connectivity index (χ0n) is 37.4. The summed E-state index contributed by atoms with van der Waals surface area (Å²) in [6.45, 7) is 10.5. The molecule has 0 aromatic heterocycles. The summed E-state index contributed by atoms with van der Waals surface area (Å²) in [4.78, 5) is 121. The van der Waals surface area contributed by atoms with Crippen molar-refractivity contribution in [2.75, 3.05) is 0 Å². The molecule has 7 atom stereocenters. The molecule has 65 heavy (non-hydrogen) atoms. The average Bonchev–Trinajstić information content (AvgIpc) is 3.25. The van der Waals surface area contributed by atoms with Gasteiger partial charge in [0.1, 0.15) is 59.6 Å². The predicted octanol–water partition coefficient (Wildman–Crippen LogP) is 0.654. The highest BCUT2D eigenvalue weighted by Gasteiger charge is 2.38. The first-order valence-electron chi connectivity index (χ1n) is 21.0. The van der Waals surface area contributed by atoms with Gasteiger partial charge in [0, 0.05) is 18.4 Å². The largest absolute Gasteiger partial charge is 0.508 e. The number of allylic oxidation sites excluding steroid dienone is 2. The van der Waals surface area contributed by atoms with Crippen molar-refractivity contribution in [3.05, 3.63) is 83.1 Å². The average molecular weight is 906 g/mol. The summed E-state index contributed by atoms with van der Waals surface area (Å²) >= 11 is 0. The fourth-order valence-electron chi connectivity index (χ4n) is 6.38. The van der Waals surface area contributed by atoms with E-state index in [0.717, 1.165) is 0 Å². The van der Waals surface area contributed by atoms with Gasteiger partial charge in [-0.25, -0.2) is 4.79 Å². The number of benzene rings is 2. The molecule has 1 aliphatic heterocycles. The Morgan fingerprint density at radius 2 is 1.37 bits per heavy atom. The van der Waals surface area contributed by atoms with Crippen LogP contribution in [0.1, 0.15) is 78.9 Å². The van der Waals surface area contributed by atoms with E-state index in [1.54, 1.807) is 45.9 Å². The molecule has 0 radical (unpaired) electrons. The number of phenols is 2. The number of aliphatic carboxylic acids is 1. The molecule has 0 spiro atoms. The van der Waals surface area contributed by atoms with Crippen LogP contribution in [0.15, 0.2) is 72.0 Å². The van der Waals surface area contributed by atoms with Gasteiger partial charge in [-0.15, -0.1) is 0 Å². The smallest absolute Gasteiger partial charge is 0.329 e. The van der Waals surface area contributed by atoms with E-state index in [2.05, 4.69) is 37.2 Å². The van der Waals surface area contributed by atoms with Gasteiger partial charge in [0.05, 0.1) is 0 Å². The molecule has 20 heteroatoms. The number of hydrogen-bond acceptors (Lipinski definition) is 12. The Balaban J connectivity index is 2.09. The summed E-state index contributed by atoms with van der Waals surface area (Å²) in [5.41, 5.74) is 1.07. The number of rotatable bonds is 15. The first-order chi connectivity index (χ1) is 30.6. The van der Waals surface area contributed by atoms with Crippen molar-refractivity contribution < 1.29 is 63.2 Å². The molecule has 0 aliphatic carbocycles. The van der Waals surface area contributed by atoms with Gasteiger partial charge in [0.15, 0.2) is 0 Å². The van der Waals surface area contributed by atoms with Crippen molar-refractivity contribution in [2.45, 2.75) is 123 Å². The Bertz CT molecular complexity index is 2140. The molecule has 2 aromatic rings. The SMILES string of the molecule is CC=C(C)C(=O)N[C@H](C(=O)N[C@H](Cc1ccc(O)cc1)C(=O)N[C@@H]1C(=O)N[C@@H](C)C(=O)NC(=CC)C(=O)N[C@H](CCC(=O)O)C(=O)N[C@@H](CCc2ccc(O)cc2)C(=O)O[C@@H]1C)C(C)C. The minimum atomic E-state index is -1.78. The van der Waals surface area contributed by atoms with E-state index in [9.17, 15) is 58.5 Å². The fourth-order valence-corrected chi connectivity index (χ4v) is 6.38. The Labute approximate surface area is 376 Å². The van der Waals surface area contributed by atoms with Crippen molar-refractivity contribution in [1.82, 2.24) is 37.2 Å². The van der Waals surface area contributed by atoms with Crippen LogP contribution < -0.4 is 37.2 Å². The Morgan fingerprint density at radius 3 is 1.92 bits per heavy atom. The number of amides is 7. The first-order valence-corrected chi connectivity index (χ1v) is 21.0. The second-order valence-corrected chi connectivity index (χ2v) is 15.9. The van der Waals surface area contributed by atoms with Crippen LogP contribution in [0.25, 0.3) is 0 Å². The van der Waals surface area contributed by atoms with Gasteiger partial charge in [-0.05, 0) is 95.2 Å². The van der Waals surface area contributed by atoms with E-state index in [0.29, 0.717) is 16.7 Å². The number of cyclic esters (lactones) is 1. The van der Waals surface area contributed by atoms with Crippen molar-refractivity contribution in [2.24, 2.45) is 5.92 Å². The minimum Gasteiger partial charge on any atom is -0.508 e. The number of phenolic OH excluding ortho intramolecular Hbond substituents is 2. The lowest BCUT2D eigenvalue weighted by Crippen LogP contribution is -2.62. The minimum absolute atomic E-state index is 0.0229. The van der Waals surface area contributed by atoms with Gasteiger partial charge in [0.2, 0.25) is 35.4 Å². The van der Waals surface area contributed by atoms with Gasteiger partial charge >= 0.3 is 11.9 Å². The van der Waals surface area contributed by atoms with Crippen molar-refractivity contribution in [1.29, 1.82) is 0 Å². The summed E-state index contributed by atoms with van der Waals surface area (Å²) in [5.74, 6) is -9.11. The van der Waals surface area contributed by atoms with Gasteiger partial charge in [-0.3, -0.25) is 38.4 Å². The van der Waals surface area contributed by atoms with Crippen LogP contribution in [-0.4, -0.2) is 111 Å². The molecule has 3 rings (SSSR count). The maximum atomic E-state index is 14.4. The second kappa shape index (κ2) is 24.6. The van der Waals surface area contributed by atoms with Crippen LogP contribution in [0.4, 0.5) is 0 Å². The maximum absolute atomic E-state index is 14.4. The van der Waals surface area contributed by atoms with Crippen LogP contribution >= 0.6 is 0 Å². The molecular formula is C45H59N7O13. The van der Waals surface area contributed by atoms with Crippen LogP contribution in [0, 0.1) is 5.92 Å². The maximum Gasteiger partial charge on any atom is 0.329 e. The number of nitrogens with one attached hydrogen (secondary N) is 7. The molecule has 1 aliphatic rings. The van der Waals surface area contributed by atoms with Gasteiger partial charge < -0.3 is 57.3 Å². The van der Waals surface area contributed by atoms with Crippen LogP contribution in [0.2, 0.25) is 0 Å². The molecule has 0 saturated carbocycles. The zero-order valence-corrected chi connectivity index (χ0v) is 37.4. The summed E-state index contributed by atoms with van der Waals surface area (Å²) in [6.07, 6.45) is 0.0121. The molecular weight excluding hydrogens is 847 g/mol. The fraction of sp³-hybridized carbons (Fsp3) is 0.444. The molecule has 1 fully saturated rings. The van der Waals surface area contributed by atoms with Crippen molar-refractivity contribution in [3.63, 3.8) is 0 Å². The normalized spacial score (nSPS) is 21.7. The molecule has 0 bridgehead atoms. The highest BCUT2D eigenvalue weighted by Crippen LogP contribution is 2.16. The molecule has 352 valence electrons. The third-order valence-corrected chi connectivity index (χ3v) is 10.5. The van der Waals surface area contributed by atoms with Crippen LogP contribution in [-0.2, 0) is 60.7 Å². The number of hydrogen-bond donors (Lipinski definition) is 10. The quantitative estimate of drug-likeness (QED) is 0.0869. The number of carbonyl (C=O) groups is 9. The predicted molar refractivity (Wildman–Crippen MR) is 234 cm³/mol. The standard InChI is InChI=1S/C45H59N7O13/c1-8-24(5)38(57)51-36(23(3)4)43(62)50-34(22-28-12-17-30(54)18-13-28)42(61)52-37-26(7)65-45(64)33(19-14-27-10-15-29(53)16-11-27)49-41(60)32(20-21-35(55)56)48-40(59)31(9-2)47-39(58)25(6)46-44(37)63/h8-13,15-18,23,25-26,32-34,36-37,53-54H,14,19-22H2,1-7H3,(H,46,63)(H,47,58)(H,48,59)(H,49,60)(H,50,62)(H,51,57)(H,52,61)(H,55,56)/t25-,26+,32+,33-,34+,36-,37-/m0/s1. The topological polar surface area (TPSA) is 308 Å². The summed E-state index contributed by atoms with van der Waals surface area (Å²) in [6, 6.07) is 2.91. The highest BCUT2D eigenvalue weighted by molar-refractivity contribution is 6.02. The number of carboxylic acids is 1. The molecule has 2 aromatic carbocycles. The summed E-state index contributed by atoms with van der Waals surface area (Å²) in [5, 5.41) is 46.7. The van der Waals surface area contributed by atoms with E-state index in [1.165, 1.54) is 63.2 Å². The highest BCUT2D eigenvalue weighted by atomic mass is 16.5. The number of ether oxygens (including phenoxy) is 1. The molecule has 10 N–H and O–H groups in total. The molecule has 1 heterocycles. The Hall–Kier alpha value is -7.25. The molecule has 7 amide bonds. The van der Waals surface area contributed by atoms with Crippen molar-refractivity contribution in [3.8, 4) is 11.5 Å². The lowest BCUT2D eigenvalue weighted by molar-refractivity contribution is -0.156. The lowest BCUT2D eigenvalue weighted by Gasteiger charge is -2.30. The Kier molecular flexibility index (Phi) is 19.7. The number of esters is 1. The first kappa shape index (κ1) is 52.1. The third kappa shape index (κ3) is 16.1. The number of carbonyl (C=O) groups excluding carboxylic acids is 8. The monoisotopic (exact) mass is 905 g/mol. The van der Waals surface area contributed by atoms with E-state index < -0.39 is 114 Å². The second-order valence-electron chi connectivity index (χ2n) is 15.9. The van der Waals surface area contributed by atoms with E-state index in [1.807, 2.05) is 0 Å². The lowest BCUT2D eigenvalue weighted by atomic mass is 10.00. The zero-order chi connectivity index (χ0) is 48.5. The number of carboxylic acid groups (broad SMARTS) is 1. The third-order valence-electron chi connectivity index (χ3n) is 10.5. The van der Waals surface area contributed by atoms with Crippen LogP contribution in [0.3, 0.4) is 0 Å². The van der Waals surface area contributed by atoms with E-state index >= 15 is 0 Å².